The molecule has 3 fully saturated rings. The molecule has 1 N–H and O–H groups in total. The summed E-state index contributed by atoms with van der Waals surface area (Å²) < 4.78 is 103. The number of hydrogen-bond acceptors (Lipinski definition) is 20. The predicted molar refractivity (Wildman–Crippen MR) is 439 cm³/mol. The summed E-state index contributed by atoms with van der Waals surface area (Å²) in [5, 5.41) is 14.9. The third kappa shape index (κ3) is 23.9. The Bertz CT molecular complexity index is 4310. The molecule has 12 rings (SSSR count). The van der Waals surface area contributed by atoms with Gasteiger partial charge in [0.05, 0.1) is 63.4 Å². The van der Waals surface area contributed by atoms with E-state index in [9.17, 15) is 24.3 Å². The van der Waals surface area contributed by atoms with Crippen molar-refractivity contribution < 1.29 is 95.0 Å². The van der Waals surface area contributed by atoms with E-state index < -0.39 is 124 Å². The fourth-order valence-corrected chi connectivity index (χ4v) is 19.7. The zero-order chi connectivity index (χ0) is 80.7. The van der Waals surface area contributed by atoms with E-state index >= 15 is 0 Å². The summed E-state index contributed by atoms with van der Waals surface area (Å²) in [4.78, 5) is 55.0. The zero-order valence-electron chi connectivity index (χ0n) is 66.5. The van der Waals surface area contributed by atoms with Crippen LogP contribution in [0, 0.1) is 0 Å². The van der Waals surface area contributed by atoms with Crippen LogP contribution >= 0.6 is 0 Å². The highest BCUT2D eigenvalue weighted by molar-refractivity contribution is 6.99. The van der Waals surface area contributed by atoms with Gasteiger partial charge in [-0.1, -0.05) is 302 Å². The Morgan fingerprint density at radius 3 is 1.17 bits per heavy atom. The number of aliphatic hydroxyl groups excluding tert-OH is 1. The largest absolute Gasteiger partial charge is 0.469 e. The maximum atomic E-state index is 14.7. The van der Waals surface area contributed by atoms with E-state index in [0.717, 1.165) is 84.0 Å². The Hall–Kier alpha value is -9.40. The van der Waals surface area contributed by atoms with Crippen molar-refractivity contribution in [3.63, 3.8) is 0 Å². The molecule has 21 heteroatoms. The van der Waals surface area contributed by atoms with Crippen LogP contribution in [0.25, 0.3) is 0 Å². The minimum atomic E-state index is -3.30. The number of benzene rings is 9. The molecule has 3 saturated heterocycles. The average molecular weight is 1600 g/mol. The molecular formula is C95H108O20Si. The molecule has 20 nitrogen and oxygen atoms in total. The Balaban J connectivity index is 0.922. The van der Waals surface area contributed by atoms with Crippen LogP contribution < -0.4 is 10.4 Å². The monoisotopic (exact) mass is 1600 g/mol. The summed E-state index contributed by atoms with van der Waals surface area (Å²) in [5.74, 6) is -2.47. The van der Waals surface area contributed by atoms with Gasteiger partial charge in [0.1, 0.15) is 61.5 Å². The molecule has 116 heavy (non-hydrogen) atoms. The number of carbonyl (C=O) groups is 4. The average Bonchev–Trinajstić information content (AvgIpc) is 0.831. The quantitative estimate of drug-likeness (QED) is 0.0162. The van der Waals surface area contributed by atoms with Crippen molar-refractivity contribution in [2.24, 2.45) is 0 Å². The van der Waals surface area contributed by atoms with E-state index in [2.05, 4.69) is 45.0 Å². The van der Waals surface area contributed by atoms with Crippen molar-refractivity contribution in [3.05, 3.63) is 312 Å². The molecule has 0 aromatic heterocycles. The summed E-state index contributed by atoms with van der Waals surface area (Å²) in [6, 6.07) is 84.5. The molecule has 0 unspecified atom stereocenters. The van der Waals surface area contributed by atoms with Crippen LogP contribution in [0.1, 0.15) is 138 Å². The summed E-state index contributed by atoms with van der Waals surface area (Å²) in [6.45, 7) is 6.20. The number of methoxy groups -OCH3 is 1. The van der Waals surface area contributed by atoms with Crippen molar-refractivity contribution >= 4 is 42.6 Å². The van der Waals surface area contributed by atoms with Crippen molar-refractivity contribution in [2.45, 2.75) is 202 Å². The molecule has 3 aliphatic heterocycles. The molecule has 14 atom stereocenters. The lowest BCUT2D eigenvalue weighted by Crippen LogP contribution is -2.68. The number of rotatable bonds is 42. The van der Waals surface area contributed by atoms with Gasteiger partial charge in [0.25, 0.3) is 8.32 Å². The fraction of sp³-hybridized carbons (Fsp3) is 0.389. The molecule has 0 spiro atoms. The van der Waals surface area contributed by atoms with Gasteiger partial charge in [0.2, 0.25) is 0 Å². The molecule has 3 aliphatic rings. The van der Waals surface area contributed by atoms with E-state index in [1.54, 1.807) is 91.0 Å². The highest BCUT2D eigenvalue weighted by atomic mass is 28.4. The fourth-order valence-electron chi connectivity index (χ4n) is 15.1. The molecule has 0 radical (unpaired) electrons. The van der Waals surface area contributed by atoms with Gasteiger partial charge in [0, 0.05) is 13.0 Å². The summed E-state index contributed by atoms with van der Waals surface area (Å²) in [6.07, 6.45) is -9.64. The van der Waals surface area contributed by atoms with Gasteiger partial charge < -0.3 is 75.8 Å². The Kier molecular flexibility index (Phi) is 32.8. The molecule has 0 aliphatic carbocycles. The van der Waals surface area contributed by atoms with Crippen molar-refractivity contribution in [2.75, 3.05) is 33.5 Å². The molecule has 9 aromatic rings. The van der Waals surface area contributed by atoms with Gasteiger partial charge in [-0.2, -0.15) is 0 Å². The highest BCUT2D eigenvalue weighted by Gasteiger charge is 2.58. The van der Waals surface area contributed by atoms with Crippen LogP contribution in [0.15, 0.2) is 273 Å². The minimum absolute atomic E-state index is 0.00225. The number of esters is 4. The van der Waals surface area contributed by atoms with Crippen LogP contribution in [0.2, 0.25) is 5.04 Å². The van der Waals surface area contributed by atoms with Crippen LogP contribution in [0.4, 0.5) is 0 Å². The highest BCUT2D eigenvalue weighted by Crippen LogP contribution is 2.41. The summed E-state index contributed by atoms with van der Waals surface area (Å²) in [5.41, 5.74) is 3.96. The third-order valence-electron chi connectivity index (χ3n) is 21.1. The predicted octanol–water partition coefficient (Wildman–Crippen LogP) is 15.2. The number of ether oxygens (including phenoxy) is 14. The van der Waals surface area contributed by atoms with Gasteiger partial charge in [-0.15, -0.1) is 0 Å². The lowest BCUT2D eigenvalue weighted by molar-refractivity contribution is -0.361. The first kappa shape index (κ1) is 86.0. The Labute approximate surface area is 681 Å². The molecular weight excluding hydrogens is 1490 g/mol. The normalized spacial score (nSPS) is 22.8. The van der Waals surface area contributed by atoms with Crippen molar-refractivity contribution in [1.29, 1.82) is 0 Å². The maximum absolute atomic E-state index is 14.7. The number of hydrogen-bond donors (Lipinski definition) is 1. The second kappa shape index (κ2) is 44.2. The van der Waals surface area contributed by atoms with E-state index in [4.69, 9.17) is 70.7 Å². The second-order valence-electron chi connectivity index (χ2n) is 30.4. The molecule has 0 saturated carbocycles. The molecule has 0 amide bonds. The topological polar surface area (TPSA) is 227 Å². The standard InChI is InChI=1S/C95H108O20Si/c1-95(2,3)116(75-55-35-19-36-56-75,76-57-37-20-38-58-76)109-67-79-82(103-61-68-41-21-12-22-42-68)85(105-63-70-45-25-14-26-46-70)81(97)92(110-79)108-66-77-83(104-62-69-43-23-13-24-44-69)86(106-64-71-47-27-15-28-48-71)88(93(111-77)102-60-40-11-9-7-5-6-8-10-39-59-80(96)101-4)115-94-87(114-91(100)74-53-33-18-34-54-74)84(113-90(99)73-51-31-17-32-52-73)78(112-94)65-107-89(98)72-49-29-16-30-50-72/h12-38,41-58,77-79,81-88,92-94,97H,5-11,39-40,59-67H2,1-4H3/t77-,78+,79-,81-,82+,83+,84+,85-,86+,87-,88-,92-,93-,94-/m1/s1. The van der Waals surface area contributed by atoms with E-state index in [0.29, 0.717) is 12.8 Å². The van der Waals surface area contributed by atoms with Gasteiger partial charge >= 0.3 is 23.9 Å². The SMILES string of the molecule is COC(=O)CCCCCCCCCCCO[C@@H]1O[C@H](CO[C@@H]2O[C@H](CO[Si](c3ccccc3)(c3ccccc3)C(C)(C)C)[C@H](OCc3ccccc3)[C@H](OCc3ccccc3)[C@H]2O)[C@H](OCc2ccccc2)[C@H](OCc2ccccc2)[C@H]1O[C@H]1O[C@@H](COC(=O)c2ccccc2)[C@H](OC(=O)c2ccccc2)[C@H]1OC(=O)c1ccccc1. The minimum Gasteiger partial charge on any atom is -0.469 e. The third-order valence-corrected chi connectivity index (χ3v) is 26.1. The number of carbonyl (C=O) groups excluding carboxylic acids is 4. The Morgan fingerprint density at radius 1 is 0.353 bits per heavy atom. The van der Waals surface area contributed by atoms with Crippen LogP contribution in [0.3, 0.4) is 0 Å². The van der Waals surface area contributed by atoms with Gasteiger partial charge in [-0.3, -0.25) is 4.79 Å². The first-order valence-electron chi connectivity index (χ1n) is 40.4. The number of aliphatic hydroxyl groups is 1. The molecule has 612 valence electrons. The zero-order valence-corrected chi connectivity index (χ0v) is 67.5. The van der Waals surface area contributed by atoms with E-state index in [1.807, 2.05) is 158 Å². The summed E-state index contributed by atoms with van der Waals surface area (Å²) >= 11 is 0. The lowest BCUT2D eigenvalue weighted by Gasteiger charge is -2.48. The van der Waals surface area contributed by atoms with Crippen LogP contribution in [0.5, 0.6) is 0 Å². The first-order valence-corrected chi connectivity index (χ1v) is 42.3. The molecule has 9 aromatic carbocycles. The molecule has 3 heterocycles. The lowest BCUT2D eigenvalue weighted by atomic mass is 9.97. The number of unbranched alkanes of at least 4 members (excludes halogenated alkanes) is 8. The van der Waals surface area contributed by atoms with E-state index in [1.165, 1.54) is 7.11 Å². The summed E-state index contributed by atoms with van der Waals surface area (Å²) in [7, 11) is -1.88. The van der Waals surface area contributed by atoms with Gasteiger partial charge in [-0.05, 0) is 86.9 Å². The molecule has 0 bridgehead atoms. The smallest absolute Gasteiger partial charge is 0.338 e. The van der Waals surface area contributed by atoms with E-state index in [-0.39, 0.29) is 68.9 Å². The van der Waals surface area contributed by atoms with Gasteiger partial charge in [-0.25, -0.2) is 14.4 Å². The Morgan fingerprint density at radius 2 is 0.716 bits per heavy atom. The van der Waals surface area contributed by atoms with Crippen LogP contribution in [-0.4, -0.2) is 157 Å². The second-order valence-corrected chi connectivity index (χ2v) is 34.7. The first-order chi connectivity index (χ1) is 56.7. The maximum Gasteiger partial charge on any atom is 0.338 e. The van der Waals surface area contributed by atoms with Crippen molar-refractivity contribution in [1.82, 2.24) is 0 Å². The van der Waals surface area contributed by atoms with Gasteiger partial charge in [0.15, 0.2) is 31.1 Å². The van der Waals surface area contributed by atoms with Crippen LogP contribution in [-0.2, 0) is 102 Å². The van der Waals surface area contributed by atoms with Crippen molar-refractivity contribution in [3.8, 4) is 0 Å².